The van der Waals surface area contributed by atoms with Crippen LogP contribution in [0, 0.1) is 0 Å². The van der Waals surface area contributed by atoms with E-state index >= 15 is 0 Å². The van der Waals surface area contributed by atoms with E-state index in [1.807, 2.05) is 54.7 Å². The van der Waals surface area contributed by atoms with Gasteiger partial charge >= 0.3 is 0 Å². The Kier molecular flexibility index (Phi) is 4.54. The minimum absolute atomic E-state index is 0.203. The highest BCUT2D eigenvalue weighted by atomic mass is 14.7. The molecule has 0 aliphatic rings. The van der Waals surface area contributed by atoms with Crippen LogP contribution in [0.2, 0.25) is 0 Å². The van der Waals surface area contributed by atoms with Gasteiger partial charge in [0, 0.05) is 17.3 Å². The van der Waals surface area contributed by atoms with Gasteiger partial charge in [-0.1, -0.05) is 145 Å². The third-order valence-electron chi connectivity index (χ3n) is 8.76. The monoisotopic (exact) mass is 562 g/mol. The van der Waals surface area contributed by atoms with Gasteiger partial charge in [-0.2, -0.15) is 0 Å². The van der Waals surface area contributed by atoms with Crippen molar-refractivity contribution in [2.24, 2.45) is 0 Å². The second-order valence-corrected chi connectivity index (χ2v) is 11.1. The first-order valence-electron chi connectivity index (χ1n) is 17.2. The Morgan fingerprint density at radius 1 is 0.432 bits per heavy atom. The van der Waals surface area contributed by atoms with E-state index in [4.69, 9.17) is 11.8 Å². The smallest absolute Gasteiger partial charge is 0.0708 e. The van der Waals surface area contributed by atoms with E-state index in [2.05, 4.69) is 78.9 Å². The summed E-state index contributed by atoms with van der Waals surface area (Å²) in [6.45, 7) is 0. The van der Waals surface area contributed by atoms with Crippen molar-refractivity contribution in [2.75, 3.05) is 0 Å². The fourth-order valence-electron chi connectivity index (χ4n) is 6.88. The average molecular weight is 563 g/mol. The van der Waals surface area contributed by atoms with Crippen molar-refractivity contribution in [3.05, 3.63) is 164 Å². The molecular weight excluding hydrogens is 530 g/mol. The summed E-state index contributed by atoms with van der Waals surface area (Å²) in [5.41, 5.74) is 4.69. The summed E-state index contributed by atoms with van der Waals surface area (Å²) in [5, 5.41) is 10.6. The SMILES string of the molecule is [2H]c1c([2H])c([2H])c(-c2c3ccccc3c(-c3ccc(-c4cc5ccc6ccccc6c5c5ccccc45)nc3)c3ccccc23)c([2H])c1[2H]. The van der Waals surface area contributed by atoms with Crippen LogP contribution in [-0.4, -0.2) is 4.98 Å². The summed E-state index contributed by atoms with van der Waals surface area (Å²) >= 11 is 0. The second-order valence-electron chi connectivity index (χ2n) is 11.1. The lowest BCUT2D eigenvalue weighted by molar-refractivity contribution is 1.34. The van der Waals surface area contributed by atoms with Crippen LogP contribution in [0.1, 0.15) is 6.85 Å². The highest BCUT2D eigenvalue weighted by Crippen LogP contribution is 2.44. The van der Waals surface area contributed by atoms with Crippen LogP contribution in [0.3, 0.4) is 0 Å². The summed E-state index contributed by atoms with van der Waals surface area (Å²) in [7, 11) is 0. The summed E-state index contributed by atoms with van der Waals surface area (Å²) < 4.78 is 42.6. The molecule has 0 N–H and O–H groups in total. The molecule has 8 aromatic carbocycles. The van der Waals surface area contributed by atoms with Gasteiger partial charge in [-0.25, -0.2) is 0 Å². The minimum Gasteiger partial charge on any atom is -0.256 e. The van der Waals surface area contributed by atoms with Gasteiger partial charge in [-0.05, 0) is 82.7 Å². The number of fused-ring (bicyclic) bond motifs is 7. The molecule has 204 valence electrons. The first kappa shape index (κ1) is 20.2. The molecule has 0 unspecified atom stereocenters. The van der Waals surface area contributed by atoms with E-state index in [1.54, 1.807) is 0 Å². The maximum Gasteiger partial charge on any atom is 0.0708 e. The van der Waals surface area contributed by atoms with E-state index in [1.165, 1.54) is 26.9 Å². The normalized spacial score (nSPS) is 13.2. The third-order valence-corrected chi connectivity index (χ3v) is 8.76. The maximum atomic E-state index is 8.81. The summed E-state index contributed by atoms with van der Waals surface area (Å²) in [5.74, 6) is 0. The van der Waals surface area contributed by atoms with E-state index in [9.17, 15) is 0 Å². The van der Waals surface area contributed by atoms with Crippen molar-refractivity contribution in [3.63, 3.8) is 0 Å². The molecule has 0 saturated heterocycles. The largest absolute Gasteiger partial charge is 0.256 e. The van der Waals surface area contributed by atoms with Gasteiger partial charge in [-0.15, -0.1) is 0 Å². The molecule has 0 saturated carbocycles. The predicted octanol–water partition coefficient (Wildman–Crippen LogP) is 11.8. The standard InChI is InChI=1S/C43H27N/c1-2-13-29(14-3-1)41-35-18-8-10-20-37(35)43(38-21-11-9-19-36(38)41)31-24-25-40(44-27-31)39-26-30-23-22-28-12-4-5-15-32(28)42(30)34-17-7-6-16-33(34)39/h1-27H/i1D,2D,3D,13D,14D. The van der Waals surface area contributed by atoms with Crippen LogP contribution in [-0.2, 0) is 0 Å². The van der Waals surface area contributed by atoms with Gasteiger partial charge in [0.25, 0.3) is 0 Å². The Hall–Kier alpha value is -5.79. The third kappa shape index (κ3) is 3.76. The molecule has 1 nitrogen and oxygen atoms in total. The number of benzene rings is 8. The Bertz CT molecular complexity index is 2740. The number of pyridine rings is 1. The van der Waals surface area contributed by atoms with Crippen molar-refractivity contribution in [1.29, 1.82) is 0 Å². The zero-order valence-electron chi connectivity index (χ0n) is 28.6. The Morgan fingerprint density at radius 2 is 0.977 bits per heavy atom. The van der Waals surface area contributed by atoms with E-state index in [-0.39, 0.29) is 29.7 Å². The number of aromatic nitrogens is 1. The number of hydrogen-bond donors (Lipinski definition) is 0. The topological polar surface area (TPSA) is 12.9 Å². The van der Waals surface area contributed by atoms with Crippen molar-refractivity contribution in [1.82, 2.24) is 4.98 Å². The first-order chi connectivity index (χ1) is 23.9. The highest BCUT2D eigenvalue weighted by molar-refractivity contribution is 6.24. The van der Waals surface area contributed by atoms with E-state index in [0.29, 0.717) is 5.56 Å². The van der Waals surface area contributed by atoms with E-state index < -0.39 is 6.04 Å². The van der Waals surface area contributed by atoms with E-state index in [0.717, 1.165) is 49.3 Å². The fourth-order valence-corrected chi connectivity index (χ4v) is 6.88. The van der Waals surface area contributed by atoms with Crippen molar-refractivity contribution in [3.8, 4) is 33.5 Å². The maximum absolute atomic E-state index is 8.81. The molecule has 9 aromatic rings. The lowest BCUT2D eigenvalue weighted by atomic mass is 9.86. The fraction of sp³-hybridized carbons (Fsp3) is 0. The number of nitrogens with zero attached hydrogens (tertiary/aromatic N) is 1. The lowest BCUT2D eigenvalue weighted by Gasteiger charge is -2.18. The minimum atomic E-state index is -0.400. The summed E-state index contributed by atoms with van der Waals surface area (Å²) in [4.78, 5) is 5.07. The second kappa shape index (κ2) is 9.90. The van der Waals surface area contributed by atoms with Crippen LogP contribution in [0.4, 0.5) is 0 Å². The lowest BCUT2D eigenvalue weighted by Crippen LogP contribution is -1.92. The van der Waals surface area contributed by atoms with Crippen LogP contribution < -0.4 is 0 Å². The molecule has 0 radical (unpaired) electrons. The molecule has 0 spiro atoms. The molecule has 1 aromatic heterocycles. The molecule has 9 rings (SSSR count). The van der Waals surface area contributed by atoms with Gasteiger partial charge < -0.3 is 0 Å². The Balaban J connectivity index is 1.27. The summed E-state index contributed by atoms with van der Waals surface area (Å²) in [6.07, 6.45) is 1.92. The molecule has 0 atom stereocenters. The molecule has 0 aliphatic carbocycles. The van der Waals surface area contributed by atoms with Crippen LogP contribution >= 0.6 is 0 Å². The summed E-state index contributed by atoms with van der Waals surface area (Å²) in [6, 6.07) is 42.1. The molecule has 0 amide bonds. The number of hydrogen-bond acceptors (Lipinski definition) is 1. The molecule has 44 heavy (non-hydrogen) atoms. The molecule has 1 heteroatoms. The van der Waals surface area contributed by atoms with Crippen molar-refractivity contribution < 1.29 is 6.85 Å². The molecule has 0 bridgehead atoms. The van der Waals surface area contributed by atoms with Crippen molar-refractivity contribution >= 4 is 53.9 Å². The average Bonchev–Trinajstić information content (AvgIpc) is 3.15. The quantitative estimate of drug-likeness (QED) is 0.154. The Labute approximate surface area is 262 Å². The van der Waals surface area contributed by atoms with Gasteiger partial charge in [0.2, 0.25) is 0 Å². The van der Waals surface area contributed by atoms with Crippen LogP contribution in [0.5, 0.6) is 0 Å². The zero-order chi connectivity index (χ0) is 33.4. The highest BCUT2D eigenvalue weighted by Gasteiger charge is 2.17. The molecular formula is C43H27N. The number of rotatable bonds is 3. The Morgan fingerprint density at radius 3 is 1.61 bits per heavy atom. The zero-order valence-corrected chi connectivity index (χ0v) is 23.6. The molecule has 0 aliphatic heterocycles. The van der Waals surface area contributed by atoms with Crippen LogP contribution in [0.25, 0.3) is 87.4 Å². The molecule has 1 heterocycles. The van der Waals surface area contributed by atoms with Gasteiger partial charge in [0.15, 0.2) is 0 Å². The van der Waals surface area contributed by atoms with Crippen molar-refractivity contribution in [2.45, 2.75) is 0 Å². The van der Waals surface area contributed by atoms with Crippen LogP contribution in [0.15, 0.2) is 164 Å². The molecule has 0 fully saturated rings. The first-order valence-corrected chi connectivity index (χ1v) is 14.7. The predicted molar refractivity (Wildman–Crippen MR) is 188 cm³/mol. The van der Waals surface area contributed by atoms with Gasteiger partial charge in [0.1, 0.15) is 0 Å². The van der Waals surface area contributed by atoms with Gasteiger partial charge in [-0.3, -0.25) is 4.98 Å². The van der Waals surface area contributed by atoms with Gasteiger partial charge in [0.05, 0.1) is 12.5 Å².